The first kappa shape index (κ1) is 24.9. The average Bonchev–Trinajstić information content (AvgIpc) is 2.83. The number of esters is 1. The van der Waals surface area contributed by atoms with E-state index < -0.39 is 52.2 Å². The molecule has 2 unspecified atom stereocenters. The van der Waals surface area contributed by atoms with Gasteiger partial charge in [-0.3, -0.25) is 0 Å². The molecule has 0 spiro atoms. The van der Waals surface area contributed by atoms with Gasteiger partial charge in [-0.1, -0.05) is 55.8 Å². The Balaban J connectivity index is 1.79. The Bertz CT molecular complexity index is 1220. The Morgan fingerprint density at radius 3 is 2.29 bits per heavy atom. The lowest BCUT2D eigenvalue weighted by molar-refractivity contribution is -0.148. The molecule has 3 aromatic rings. The van der Waals surface area contributed by atoms with Crippen molar-refractivity contribution < 1.29 is 27.4 Å². The molecule has 0 radical (unpaired) electrons. The monoisotopic (exact) mass is 488 g/mol. The van der Waals surface area contributed by atoms with Crippen LogP contribution < -0.4 is 10.1 Å². The first-order valence-electron chi connectivity index (χ1n) is 10.2. The largest absolute Gasteiger partial charge is 0.457 e. The average molecular weight is 489 g/mol. The lowest BCUT2D eigenvalue weighted by Gasteiger charge is -2.24. The van der Waals surface area contributed by atoms with E-state index in [1.165, 1.54) is 0 Å². The van der Waals surface area contributed by atoms with Crippen LogP contribution in [0.25, 0.3) is 0 Å². The van der Waals surface area contributed by atoms with Gasteiger partial charge in [0, 0.05) is 5.56 Å². The highest BCUT2D eigenvalue weighted by atomic mass is 35.5. The summed E-state index contributed by atoms with van der Waals surface area (Å²) in [5.41, 5.74) is -0.153. The van der Waals surface area contributed by atoms with Crippen LogP contribution in [0, 0.1) is 34.7 Å². The number of nitrogens with zero attached hydrogens (tertiary/aromatic N) is 1. The third-order valence-electron chi connectivity index (χ3n) is 4.83. The summed E-state index contributed by atoms with van der Waals surface area (Å²) in [6.07, 6.45) is -1.30. The van der Waals surface area contributed by atoms with Crippen LogP contribution in [0.15, 0.2) is 60.7 Å². The van der Waals surface area contributed by atoms with E-state index in [1.54, 1.807) is 62.4 Å². The van der Waals surface area contributed by atoms with Crippen molar-refractivity contribution in [2.24, 2.45) is 5.92 Å². The fourth-order valence-corrected chi connectivity index (χ4v) is 3.26. The van der Waals surface area contributed by atoms with Gasteiger partial charge in [0.15, 0.2) is 17.5 Å². The molecule has 0 aliphatic carbocycles. The molecule has 34 heavy (non-hydrogen) atoms. The Morgan fingerprint density at radius 2 is 1.65 bits per heavy atom. The molecule has 2 atom stereocenters. The summed E-state index contributed by atoms with van der Waals surface area (Å²) in [7, 11) is 0. The maximum Gasteiger partial charge on any atom is 0.330 e. The number of rotatable bonds is 8. The molecule has 176 valence electrons. The predicted molar refractivity (Wildman–Crippen MR) is 121 cm³/mol. The van der Waals surface area contributed by atoms with E-state index in [4.69, 9.17) is 21.1 Å². The highest BCUT2D eigenvalue weighted by Gasteiger charge is 2.29. The number of benzene rings is 3. The van der Waals surface area contributed by atoms with E-state index in [-0.39, 0.29) is 0 Å². The highest BCUT2D eigenvalue weighted by molar-refractivity contribution is 6.31. The second-order valence-corrected chi connectivity index (χ2v) is 8.05. The van der Waals surface area contributed by atoms with Gasteiger partial charge in [0.05, 0.1) is 10.7 Å². The molecule has 0 fully saturated rings. The minimum absolute atomic E-state index is 0.355. The summed E-state index contributed by atoms with van der Waals surface area (Å²) in [6, 6.07) is 17.0. The number of anilines is 1. The number of nitriles is 1. The van der Waals surface area contributed by atoms with Gasteiger partial charge in [0.1, 0.15) is 23.6 Å². The van der Waals surface area contributed by atoms with Gasteiger partial charge >= 0.3 is 5.97 Å². The minimum Gasteiger partial charge on any atom is -0.457 e. The van der Waals surface area contributed by atoms with Crippen LogP contribution in [0.3, 0.4) is 0 Å². The van der Waals surface area contributed by atoms with Crippen molar-refractivity contribution in [1.82, 2.24) is 0 Å². The molecule has 0 bridgehead atoms. The highest BCUT2D eigenvalue weighted by Crippen LogP contribution is 2.30. The van der Waals surface area contributed by atoms with E-state index >= 15 is 0 Å². The van der Waals surface area contributed by atoms with Gasteiger partial charge in [-0.25, -0.2) is 18.0 Å². The van der Waals surface area contributed by atoms with Gasteiger partial charge < -0.3 is 14.8 Å². The van der Waals surface area contributed by atoms with E-state index in [0.717, 1.165) is 6.07 Å². The molecule has 9 heteroatoms. The van der Waals surface area contributed by atoms with Crippen molar-refractivity contribution >= 4 is 23.3 Å². The van der Waals surface area contributed by atoms with Gasteiger partial charge in [-0.2, -0.15) is 5.26 Å². The molecule has 0 aliphatic rings. The third-order valence-corrected chi connectivity index (χ3v) is 5.10. The van der Waals surface area contributed by atoms with Crippen LogP contribution in [0.2, 0.25) is 5.02 Å². The molecular weight excluding hydrogens is 469 g/mol. The molecule has 0 heterocycles. The molecule has 5 nitrogen and oxygen atoms in total. The number of para-hydroxylation sites is 1. The summed E-state index contributed by atoms with van der Waals surface area (Å²) in [6.45, 7) is 3.27. The third kappa shape index (κ3) is 5.80. The number of carbonyl (C=O) groups excluding carboxylic acids is 1. The van der Waals surface area contributed by atoms with Crippen molar-refractivity contribution in [2.45, 2.75) is 26.0 Å². The SMILES string of the molecule is CC(C)C(Nc1cc(Cl)c(F)c(F)c1F)C(=O)OC(C#N)c1cccc(Oc2ccccc2)c1. The first-order valence-corrected chi connectivity index (χ1v) is 10.6. The second kappa shape index (κ2) is 10.9. The van der Waals surface area contributed by atoms with Crippen LogP contribution in [-0.2, 0) is 9.53 Å². The van der Waals surface area contributed by atoms with Crippen molar-refractivity contribution in [3.63, 3.8) is 0 Å². The molecule has 0 aromatic heterocycles. The van der Waals surface area contributed by atoms with Crippen LogP contribution in [0.4, 0.5) is 18.9 Å². The molecule has 0 saturated carbocycles. The lowest BCUT2D eigenvalue weighted by atomic mass is 10.0. The number of halogens is 4. The van der Waals surface area contributed by atoms with Crippen LogP contribution in [0.5, 0.6) is 11.5 Å². The maximum atomic E-state index is 14.2. The fraction of sp³-hybridized carbons (Fsp3) is 0.200. The molecule has 3 aromatic carbocycles. The van der Waals surface area contributed by atoms with Crippen molar-refractivity contribution in [3.8, 4) is 17.6 Å². The van der Waals surface area contributed by atoms with E-state index in [9.17, 15) is 23.2 Å². The van der Waals surface area contributed by atoms with E-state index in [0.29, 0.717) is 17.1 Å². The first-order chi connectivity index (χ1) is 16.2. The summed E-state index contributed by atoms with van der Waals surface area (Å²) in [4.78, 5) is 12.9. The number of carbonyl (C=O) groups is 1. The van der Waals surface area contributed by atoms with Crippen molar-refractivity contribution in [3.05, 3.63) is 88.7 Å². The minimum atomic E-state index is -1.77. The van der Waals surface area contributed by atoms with E-state index in [1.807, 2.05) is 12.1 Å². The quantitative estimate of drug-likeness (QED) is 0.214. The van der Waals surface area contributed by atoms with Crippen LogP contribution in [0.1, 0.15) is 25.5 Å². The summed E-state index contributed by atoms with van der Waals surface area (Å²) in [5, 5.41) is 11.5. The summed E-state index contributed by atoms with van der Waals surface area (Å²) >= 11 is 5.60. The zero-order valence-corrected chi connectivity index (χ0v) is 18.9. The topological polar surface area (TPSA) is 71.3 Å². The fourth-order valence-electron chi connectivity index (χ4n) is 3.07. The molecular formula is C25H20ClF3N2O3. The molecule has 3 rings (SSSR count). The number of ether oxygens (including phenoxy) is 2. The zero-order chi connectivity index (χ0) is 24.8. The van der Waals surface area contributed by atoms with Gasteiger partial charge in [0.25, 0.3) is 0 Å². The summed E-state index contributed by atoms with van der Waals surface area (Å²) < 4.78 is 52.5. The molecule has 0 amide bonds. The Labute approximate surface area is 199 Å². The number of hydrogen-bond donors (Lipinski definition) is 1. The van der Waals surface area contributed by atoms with Crippen LogP contribution >= 0.6 is 11.6 Å². The normalized spacial score (nSPS) is 12.5. The Kier molecular flexibility index (Phi) is 8.03. The van der Waals surface area contributed by atoms with Gasteiger partial charge in [-0.05, 0) is 36.2 Å². The smallest absolute Gasteiger partial charge is 0.330 e. The van der Waals surface area contributed by atoms with E-state index in [2.05, 4.69) is 5.32 Å². The zero-order valence-electron chi connectivity index (χ0n) is 18.2. The lowest BCUT2D eigenvalue weighted by Crippen LogP contribution is -2.37. The molecule has 0 saturated heterocycles. The number of hydrogen-bond acceptors (Lipinski definition) is 5. The Morgan fingerprint density at radius 1 is 0.971 bits per heavy atom. The number of nitrogens with one attached hydrogen (secondary N) is 1. The maximum absolute atomic E-state index is 14.2. The Hall–Kier alpha value is -3.70. The molecule has 1 N–H and O–H groups in total. The van der Waals surface area contributed by atoms with Crippen molar-refractivity contribution in [2.75, 3.05) is 5.32 Å². The predicted octanol–water partition coefficient (Wildman–Crippen LogP) is 6.79. The van der Waals surface area contributed by atoms with Crippen LogP contribution in [-0.4, -0.2) is 12.0 Å². The molecule has 0 aliphatic heterocycles. The standard InChI is InChI=1S/C25H20ClF3N2O3/c1-14(2)24(31-19-12-18(26)21(27)23(29)22(19)28)25(32)34-20(13-30)15-7-6-10-17(11-15)33-16-8-4-3-5-9-16/h3-12,14,20,24,31H,1-2H3. The van der Waals surface area contributed by atoms with Crippen molar-refractivity contribution in [1.29, 1.82) is 5.26 Å². The van der Waals surface area contributed by atoms with Gasteiger partial charge in [-0.15, -0.1) is 0 Å². The summed E-state index contributed by atoms with van der Waals surface area (Å²) in [5.74, 6) is -5.17. The second-order valence-electron chi connectivity index (χ2n) is 7.65. The van der Waals surface area contributed by atoms with Gasteiger partial charge in [0.2, 0.25) is 6.10 Å².